The van der Waals surface area contributed by atoms with Gasteiger partial charge >= 0.3 is 5.97 Å². The van der Waals surface area contributed by atoms with E-state index >= 15 is 0 Å². The molecule has 2 N–H and O–H groups in total. The summed E-state index contributed by atoms with van der Waals surface area (Å²) >= 11 is 0. The molecular formula is C16H29NO2. The van der Waals surface area contributed by atoms with Crippen molar-refractivity contribution in [3.63, 3.8) is 0 Å². The summed E-state index contributed by atoms with van der Waals surface area (Å²) in [6, 6.07) is 0.563. The highest BCUT2D eigenvalue weighted by molar-refractivity contribution is 5.70. The van der Waals surface area contributed by atoms with E-state index in [0.29, 0.717) is 18.5 Å². The highest BCUT2D eigenvalue weighted by Gasteiger charge is 2.34. The second kappa shape index (κ2) is 6.74. The molecule has 0 heterocycles. The summed E-state index contributed by atoms with van der Waals surface area (Å²) in [6.07, 6.45) is 8.87. The third kappa shape index (κ3) is 4.79. The Morgan fingerprint density at radius 3 is 2.53 bits per heavy atom. The first-order chi connectivity index (χ1) is 9.06. The molecule has 2 rings (SSSR count). The summed E-state index contributed by atoms with van der Waals surface area (Å²) in [4.78, 5) is 11.3. The van der Waals surface area contributed by atoms with Gasteiger partial charge in [-0.15, -0.1) is 0 Å². The lowest BCUT2D eigenvalue weighted by Gasteiger charge is -2.31. The zero-order valence-electron chi connectivity index (χ0n) is 12.4. The molecule has 0 aromatic carbocycles. The van der Waals surface area contributed by atoms with E-state index in [2.05, 4.69) is 19.2 Å². The Balaban J connectivity index is 1.74. The summed E-state index contributed by atoms with van der Waals surface area (Å²) < 4.78 is 0. The summed E-state index contributed by atoms with van der Waals surface area (Å²) in [5, 5.41) is 12.8. The molecule has 0 aliphatic heterocycles. The first kappa shape index (κ1) is 14.8. The van der Waals surface area contributed by atoms with Crippen molar-refractivity contribution in [1.29, 1.82) is 0 Å². The molecule has 0 aromatic heterocycles. The molecular weight excluding hydrogens is 238 g/mol. The Kier molecular flexibility index (Phi) is 5.26. The highest BCUT2D eigenvalue weighted by Crippen LogP contribution is 2.43. The normalized spacial score (nSPS) is 29.4. The molecule has 0 radical (unpaired) electrons. The van der Waals surface area contributed by atoms with Gasteiger partial charge in [-0.3, -0.25) is 4.79 Å². The van der Waals surface area contributed by atoms with Gasteiger partial charge in [0.2, 0.25) is 0 Å². The van der Waals surface area contributed by atoms with Gasteiger partial charge in [-0.2, -0.15) is 0 Å². The van der Waals surface area contributed by atoms with Crippen molar-refractivity contribution in [3.05, 3.63) is 0 Å². The molecule has 3 heteroatoms. The fraction of sp³-hybridized carbons (Fsp3) is 0.938. The molecule has 2 fully saturated rings. The van der Waals surface area contributed by atoms with Crippen molar-refractivity contribution in [2.75, 3.05) is 6.54 Å². The van der Waals surface area contributed by atoms with Crippen LogP contribution in [-0.4, -0.2) is 23.7 Å². The standard InChI is InChI=1S/C16H29NO2/c1-11(2)8-14(16(18)19)10-17-15-5-3-4-13(9-15)12-6-7-12/h11-15,17H,3-10H2,1-2H3,(H,18,19). The summed E-state index contributed by atoms with van der Waals surface area (Å²) in [7, 11) is 0. The van der Waals surface area contributed by atoms with Gasteiger partial charge in [0.05, 0.1) is 5.92 Å². The van der Waals surface area contributed by atoms with Crippen molar-refractivity contribution in [1.82, 2.24) is 5.32 Å². The first-order valence-corrected chi connectivity index (χ1v) is 8.02. The molecule has 0 spiro atoms. The maximum Gasteiger partial charge on any atom is 0.307 e. The minimum atomic E-state index is -0.643. The van der Waals surface area contributed by atoms with E-state index in [1.807, 2.05) is 0 Å². The van der Waals surface area contributed by atoms with Crippen LogP contribution in [0.3, 0.4) is 0 Å². The van der Waals surface area contributed by atoms with E-state index in [9.17, 15) is 9.90 Å². The molecule has 0 saturated heterocycles. The van der Waals surface area contributed by atoms with Crippen molar-refractivity contribution >= 4 is 5.97 Å². The minimum absolute atomic E-state index is 0.221. The number of carboxylic acids is 1. The van der Waals surface area contributed by atoms with E-state index in [4.69, 9.17) is 0 Å². The van der Waals surface area contributed by atoms with Gasteiger partial charge in [0.15, 0.2) is 0 Å². The second-order valence-electron chi connectivity index (χ2n) is 7.03. The van der Waals surface area contributed by atoms with E-state index in [1.54, 1.807) is 0 Å². The molecule has 0 amide bonds. The zero-order chi connectivity index (χ0) is 13.8. The molecule has 2 aliphatic rings. The van der Waals surface area contributed by atoms with Crippen molar-refractivity contribution < 1.29 is 9.90 Å². The molecule has 2 saturated carbocycles. The van der Waals surface area contributed by atoms with Crippen LogP contribution >= 0.6 is 0 Å². The average Bonchev–Trinajstić information content (AvgIpc) is 3.18. The van der Waals surface area contributed by atoms with E-state index in [1.165, 1.54) is 38.5 Å². The SMILES string of the molecule is CC(C)CC(CNC1CCCC(C2CC2)C1)C(=O)O. The fourth-order valence-electron chi connectivity index (χ4n) is 3.56. The predicted molar refractivity (Wildman–Crippen MR) is 77.1 cm³/mol. The van der Waals surface area contributed by atoms with Crippen LogP contribution in [0.25, 0.3) is 0 Å². The largest absolute Gasteiger partial charge is 0.481 e. The van der Waals surface area contributed by atoms with Crippen LogP contribution in [0.4, 0.5) is 0 Å². The van der Waals surface area contributed by atoms with Gasteiger partial charge in [0, 0.05) is 12.6 Å². The van der Waals surface area contributed by atoms with E-state index < -0.39 is 5.97 Å². The van der Waals surface area contributed by atoms with E-state index in [-0.39, 0.29) is 5.92 Å². The Morgan fingerprint density at radius 2 is 1.95 bits per heavy atom. The molecule has 19 heavy (non-hydrogen) atoms. The molecule has 2 aliphatic carbocycles. The van der Waals surface area contributed by atoms with Crippen molar-refractivity contribution in [3.8, 4) is 0 Å². The van der Waals surface area contributed by atoms with Gasteiger partial charge in [0.25, 0.3) is 0 Å². The number of hydrogen-bond donors (Lipinski definition) is 2. The second-order valence-corrected chi connectivity index (χ2v) is 7.03. The summed E-state index contributed by atoms with van der Waals surface area (Å²) in [5.74, 6) is 1.50. The van der Waals surface area contributed by atoms with Crippen LogP contribution < -0.4 is 5.32 Å². The maximum atomic E-state index is 11.3. The number of hydrogen-bond acceptors (Lipinski definition) is 2. The first-order valence-electron chi connectivity index (χ1n) is 8.02. The predicted octanol–water partition coefficient (Wildman–Crippen LogP) is 3.29. The zero-order valence-corrected chi connectivity index (χ0v) is 12.4. The third-order valence-electron chi connectivity index (χ3n) is 4.76. The van der Waals surface area contributed by atoms with E-state index in [0.717, 1.165) is 18.3 Å². The Bertz CT molecular complexity index is 299. The van der Waals surface area contributed by atoms with Gasteiger partial charge in [-0.1, -0.05) is 26.7 Å². The van der Waals surface area contributed by atoms with Crippen LogP contribution in [0.15, 0.2) is 0 Å². The fourth-order valence-corrected chi connectivity index (χ4v) is 3.56. The Labute approximate surface area is 117 Å². The number of nitrogens with one attached hydrogen (secondary N) is 1. The smallest absolute Gasteiger partial charge is 0.307 e. The number of aliphatic carboxylic acids is 1. The number of carbonyl (C=O) groups is 1. The van der Waals surface area contributed by atoms with Crippen LogP contribution in [0, 0.1) is 23.7 Å². The number of carboxylic acid groups (broad SMARTS) is 1. The monoisotopic (exact) mass is 267 g/mol. The molecule has 3 unspecified atom stereocenters. The van der Waals surface area contributed by atoms with Gasteiger partial charge in [-0.25, -0.2) is 0 Å². The molecule has 0 bridgehead atoms. The van der Waals surface area contributed by atoms with Crippen LogP contribution in [0.5, 0.6) is 0 Å². The van der Waals surface area contributed by atoms with Gasteiger partial charge in [0.1, 0.15) is 0 Å². The van der Waals surface area contributed by atoms with Gasteiger partial charge in [-0.05, 0) is 49.9 Å². The number of rotatable bonds is 7. The van der Waals surface area contributed by atoms with Crippen LogP contribution in [0.1, 0.15) is 58.8 Å². The maximum absolute atomic E-state index is 11.3. The lowest BCUT2D eigenvalue weighted by Crippen LogP contribution is -2.39. The lowest BCUT2D eigenvalue weighted by atomic mass is 9.82. The topological polar surface area (TPSA) is 49.3 Å². The minimum Gasteiger partial charge on any atom is -0.481 e. The average molecular weight is 267 g/mol. The molecule has 3 atom stereocenters. The summed E-state index contributed by atoms with van der Waals surface area (Å²) in [5.41, 5.74) is 0. The molecule has 3 nitrogen and oxygen atoms in total. The summed E-state index contributed by atoms with van der Waals surface area (Å²) in [6.45, 7) is 4.84. The van der Waals surface area contributed by atoms with Crippen molar-refractivity contribution in [2.24, 2.45) is 23.7 Å². The Hall–Kier alpha value is -0.570. The van der Waals surface area contributed by atoms with Crippen LogP contribution in [0.2, 0.25) is 0 Å². The van der Waals surface area contributed by atoms with Crippen LogP contribution in [-0.2, 0) is 4.79 Å². The highest BCUT2D eigenvalue weighted by atomic mass is 16.4. The van der Waals surface area contributed by atoms with Crippen molar-refractivity contribution in [2.45, 2.75) is 64.8 Å². The quantitative estimate of drug-likeness (QED) is 0.744. The third-order valence-corrected chi connectivity index (χ3v) is 4.76. The molecule has 0 aromatic rings. The Morgan fingerprint density at radius 1 is 1.21 bits per heavy atom. The molecule has 110 valence electrons. The van der Waals surface area contributed by atoms with Gasteiger partial charge < -0.3 is 10.4 Å². The lowest BCUT2D eigenvalue weighted by molar-refractivity contribution is -0.142.